The monoisotopic (exact) mass is 395 g/mol. The molecule has 0 aliphatic rings. The number of phenols is 1. The van der Waals surface area contributed by atoms with Crippen LogP contribution in [0.4, 0.5) is 14.6 Å². The van der Waals surface area contributed by atoms with E-state index in [1.54, 1.807) is 24.1 Å². The lowest BCUT2D eigenvalue weighted by molar-refractivity contribution is 0.476. The Morgan fingerprint density at radius 2 is 1.65 bits per heavy atom. The molecular formula is C18H13Cl2F2N3O. The van der Waals surface area contributed by atoms with E-state index >= 15 is 0 Å². The van der Waals surface area contributed by atoms with E-state index in [-0.39, 0.29) is 15.8 Å². The Balaban J connectivity index is 1.79. The van der Waals surface area contributed by atoms with Crippen LogP contribution in [0, 0.1) is 11.6 Å². The maximum Gasteiger partial charge on any atom is 0.159 e. The summed E-state index contributed by atoms with van der Waals surface area (Å²) in [5.74, 6) is -1.41. The van der Waals surface area contributed by atoms with Gasteiger partial charge < -0.3 is 10.0 Å². The third-order valence-corrected chi connectivity index (χ3v) is 4.33. The van der Waals surface area contributed by atoms with Gasteiger partial charge in [0, 0.05) is 19.2 Å². The van der Waals surface area contributed by atoms with E-state index in [2.05, 4.69) is 10.2 Å². The van der Waals surface area contributed by atoms with Crippen LogP contribution in [0.25, 0.3) is 11.3 Å². The molecule has 3 rings (SSSR count). The van der Waals surface area contributed by atoms with Gasteiger partial charge >= 0.3 is 0 Å². The first kappa shape index (κ1) is 18.4. The third-order valence-electron chi connectivity index (χ3n) is 3.76. The van der Waals surface area contributed by atoms with Crippen LogP contribution in [-0.4, -0.2) is 22.4 Å². The molecule has 134 valence electrons. The van der Waals surface area contributed by atoms with Crippen molar-refractivity contribution in [2.45, 2.75) is 6.54 Å². The van der Waals surface area contributed by atoms with Crippen molar-refractivity contribution in [1.29, 1.82) is 0 Å². The van der Waals surface area contributed by atoms with Crippen molar-refractivity contribution < 1.29 is 13.9 Å². The van der Waals surface area contributed by atoms with E-state index in [0.29, 0.717) is 29.2 Å². The molecule has 2 aromatic carbocycles. The van der Waals surface area contributed by atoms with Gasteiger partial charge in [-0.3, -0.25) is 0 Å². The quantitative estimate of drug-likeness (QED) is 0.669. The van der Waals surface area contributed by atoms with Gasteiger partial charge in [0.25, 0.3) is 0 Å². The number of benzene rings is 2. The summed E-state index contributed by atoms with van der Waals surface area (Å²) in [6.07, 6.45) is 0. The number of anilines is 1. The lowest BCUT2D eigenvalue weighted by atomic mass is 10.1. The molecule has 1 heterocycles. The van der Waals surface area contributed by atoms with E-state index in [4.69, 9.17) is 23.2 Å². The van der Waals surface area contributed by atoms with Gasteiger partial charge in [0.2, 0.25) is 0 Å². The molecule has 8 heteroatoms. The molecule has 4 nitrogen and oxygen atoms in total. The van der Waals surface area contributed by atoms with Crippen LogP contribution in [-0.2, 0) is 6.54 Å². The fourth-order valence-electron chi connectivity index (χ4n) is 2.39. The lowest BCUT2D eigenvalue weighted by Gasteiger charge is -2.18. The zero-order valence-electron chi connectivity index (χ0n) is 13.5. The van der Waals surface area contributed by atoms with E-state index in [1.165, 1.54) is 18.2 Å². The predicted molar refractivity (Wildman–Crippen MR) is 97.6 cm³/mol. The molecule has 0 aliphatic heterocycles. The minimum Gasteiger partial charge on any atom is -0.505 e. The van der Waals surface area contributed by atoms with Crippen molar-refractivity contribution in [2.75, 3.05) is 11.9 Å². The number of nitrogens with zero attached hydrogens (tertiary/aromatic N) is 3. The zero-order chi connectivity index (χ0) is 18.8. The fourth-order valence-corrected chi connectivity index (χ4v) is 2.88. The number of aromatic nitrogens is 2. The summed E-state index contributed by atoms with van der Waals surface area (Å²) < 4.78 is 26.3. The Hall–Kier alpha value is -2.44. The van der Waals surface area contributed by atoms with Gasteiger partial charge in [-0.2, -0.15) is 0 Å². The molecule has 0 radical (unpaired) electrons. The van der Waals surface area contributed by atoms with Gasteiger partial charge in [-0.15, -0.1) is 10.2 Å². The molecule has 0 saturated carbocycles. The average Bonchev–Trinajstić information content (AvgIpc) is 2.62. The SMILES string of the molecule is CN(Cc1ccc(F)c(F)c1)c1ccc(-c2cc(Cl)c(O)c(Cl)c2)nn1. The van der Waals surface area contributed by atoms with E-state index < -0.39 is 11.6 Å². The average molecular weight is 396 g/mol. The molecule has 0 bridgehead atoms. The van der Waals surface area contributed by atoms with Crippen molar-refractivity contribution in [3.05, 3.63) is 69.7 Å². The van der Waals surface area contributed by atoms with Crippen molar-refractivity contribution in [1.82, 2.24) is 10.2 Å². The summed E-state index contributed by atoms with van der Waals surface area (Å²) in [7, 11) is 1.76. The normalized spacial score (nSPS) is 10.8. The Kier molecular flexibility index (Phi) is 5.25. The highest BCUT2D eigenvalue weighted by molar-refractivity contribution is 6.37. The minimum absolute atomic E-state index is 0.119. The van der Waals surface area contributed by atoms with E-state index in [9.17, 15) is 13.9 Å². The van der Waals surface area contributed by atoms with Crippen LogP contribution in [0.1, 0.15) is 5.56 Å². The summed E-state index contributed by atoms with van der Waals surface area (Å²) in [5.41, 5.74) is 1.74. The topological polar surface area (TPSA) is 49.2 Å². The summed E-state index contributed by atoms with van der Waals surface area (Å²) in [4.78, 5) is 1.75. The van der Waals surface area contributed by atoms with Crippen LogP contribution in [0.2, 0.25) is 10.0 Å². The number of hydrogen-bond acceptors (Lipinski definition) is 4. The fraction of sp³-hybridized carbons (Fsp3) is 0.111. The minimum atomic E-state index is -0.890. The molecule has 0 spiro atoms. The Labute approximate surface area is 158 Å². The van der Waals surface area contributed by atoms with Gasteiger partial charge in [-0.25, -0.2) is 8.78 Å². The number of hydrogen-bond donors (Lipinski definition) is 1. The molecule has 0 unspecified atom stereocenters. The Bertz CT molecular complexity index is 929. The highest BCUT2D eigenvalue weighted by atomic mass is 35.5. The number of halogens is 4. The zero-order valence-corrected chi connectivity index (χ0v) is 15.1. The van der Waals surface area contributed by atoms with Crippen molar-refractivity contribution in [2.24, 2.45) is 0 Å². The molecule has 0 aliphatic carbocycles. The van der Waals surface area contributed by atoms with Crippen molar-refractivity contribution in [3.8, 4) is 17.0 Å². The first-order chi connectivity index (χ1) is 12.3. The number of rotatable bonds is 4. The standard InChI is InChI=1S/C18H13Cl2F2N3O/c1-25(9-10-2-3-14(21)15(22)6-10)17-5-4-16(23-24-17)11-7-12(19)18(26)13(20)8-11/h2-8,26H,9H2,1H3. The molecule has 0 saturated heterocycles. The van der Waals surface area contributed by atoms with Crippen LogP contribution < -0.4 is 4.90 Å². The molecule has 1 aromatic heterocycles. The van der Waals surface area contributed by atoms with Crippen LogP contribution in [0.5, 0.6) is 5.75 Å². The van der Waals surface area contributed by atoms with Crippen molar-refractivity contribution in [3.63, 3.8) is 0 Å². The molecule has 26 heavy (non-hydrogen) atoms. The molecule has 3 aromatic rings. The number of phenolic OH excluding ortho intramolecular Hbond substituents is 1. The van der Waals surface area contributed by atoms with Gasteiger partial charge in [0.05, 0.1) is 15.7 Å². The summed E-state index contributed by atoms with van der Waals surface area (Å²) in [6.45, 7) is 0.335. The summed E-state index contributed by atoms with van der Waals surface area (Å²) >= 11 is 11.8. The second-order valence-corrected chi connectivity index (χ2v) is 6.48. The van der Waals surface area contributed by atoms with Gasteiger partial charge in [0.15, 0.2) is 23.2 Å². The van der Waals surface area contributed by atoms with Crippen LogP contribution >= 0.6 is 23.2 Å². The second-order valence-electron chi connectivity index (χ2n) is 5.67. The predicted octanol–water partition coefficient (Wildman–Crippen LogP) is 5.07. The first-order valence-corrected chi connectivity index (χ1v) is 8.28. The lowest BCUT2D eigenvalue weighted by Crippen LogP contribution is -2.18. The smallest absolute Gasteiger partial charge is 0.159 e. The van der Waals surface area contributed by atoms with Gasteiger partial charge in [-0.05, 0) is 42.0 Å². The summed E-state index contributed by atoms with van der Waals surface area (Å²) in [5, 5.41) is 18.1. The molecule has 0 fully saturated rings. The van der Waals surface area contributed by atoms with Crippen molar-refractivity contribution >= 4 is 29.0 Å². The molecule has 1 N–H and O–H groups in total. The Morgan fingerprint density at radius 1 is 0.962 bits per heavy atom. The van der Waals surface area contributed by atoms with Gasteiger partial charge in [-0.1, -0.05) is 29.3 Å². The summed E-state index contributed by atoms with van der Waals surface area (Å²) in [6, 6.07) is 10.3. The van der Waals surface area contributed by atoms with Crippen LogP contribution in [0.3, 0.4) is 0 Å². The van der Waals surface area contributed by atoms with E-state index in [0.717, 1.165) is 12.1 Å². The highest BCUT2D eigenvalue weighted by Gasteiger charge is 2.11. The second kappa shape index (κ2) is 7.43. The highest BCUT2D eigenvalue weighted by Crippen LogP contribution is 2.35. The maximum atomic E-state index is 13.3. The largest absolute Gasteiger partial charge is 0.505 e. The molecule has 0 amide bonds. The molecule has 0 atom stereocenters. The molecular weight excluding hydrogens is 383 g/mol. The Morgan fingerprint density at radius 3 is 2.23 bits per heavy atom. The van der Waals surface area contributed by atoms with Gasteiger partial charge in [0.1, 0.15) is 0 Å². The van der Waals surface area contributed by atoms with E-state index in [1.807, 2.05) is 0 Å². The first-order valence-electron chi connectivity index (χ1n) is 7.52. The third kappa shape index (κ3) is 3.86. The number of aromatic hydroxyl groups is 1. The van der Waals surface area contributed by atoms with Crippen LogP contribution in [0.15, 0.2) is 42.5 Å². The maximum absolute atomic E-state index is 13.3.